The number of carbonyl (C=O) groups is 1. The highest BCUT2D eigenvalue weighted by Gasteiger charge is 2.27. The average molecular weight is 391 g/mol. The Labute approximate surface area is 159 Å². The summed E-state index contributed by atoms with van der Waals surface area (Å²) < 4.78 is 1.83. The maximum Gasteiger partial charge on any atom is 0.249 e. The lowest BCUT2D eigenvalue weighted by atomic mass is 9.87. The zero-order valence-electron chi connectivity index (χ0n) is 14.0. The molecule has 7 nitrogen and oxygen atoms in total. The van der Waals surface area contributed by atoms with Crippen LogP contribution in [0, 0.1) is 5.92 Å². The van der Waals surface area contributed by atoms with Crippen LogP contribution in [0.15, 0.2) is 24.4 Å². The Hall–Kier alpha value is -2.38. The fourth-order valence-electron chi connectivity index (χ4n) is 3.20. The summed E-state index contributed by atoms with van der Waals surface area (Å²) in [5.41, 5.74) is 2.95. The molecule has 1 unspecified atom stereocenters. The third kappa shape index (κ3) is 3.20. The molecule has 2 N–H and O–H groups in total. The van der Waals surface area contributed by atoms with Crippen molar-refractivity contribution in [3.63, 3.8) is 0 Å². The number of rotatable bonds is 3. The standard InChI is InChI=1S/C17H16Cl2N6O/c1-25-14-6-9(2-3-10(14)8-20-25)16(26)22-17-21-15(23-24-17)12-7-11(18)4-5-13(12)19/h4-5,7-9H,2-3,6H2,1H3,(H2,21,22,23,24,26). The molecular formula is C17H16Cl2N6O. The number of hydrogen-bond donors (Lipinski definition) is 2. The van der Waals surface area contributed by atoms with E-state index in [2.05, 4.69) is 25.6 Å². The molecular weight excluding hydrogens is 375 g/mol. The van der Waals surface area contributed by atoms with Gasteiger partial charge in [-0.2, -0.15) is 10.1 Å². The van der Waals surface area contributed by atoms with Crippen LogP contribution >= 0.6 is 23.2 Å². The van der Waals surface area contributed by atoms with E-state index < -0.39 is 0 Å². The minimum atomic E-state index is -0.130. The molecule has 2 heterocycles. The third-order valence-corrected chi connectivity index (χ3v) is 5.19. The quantitative estimate of drug-likeness (QED) is 0.718. The molecule has 1 aromatic carbocycles. The zero-order chi connectivity index (χ0) is 18.3. The highest BCUT2D eigenvalue weighted by Crippen LogP contribution is 2.29. The summed E-state index contributed by atoms with van der Waals surface area (Å²) in [5, 5.41) is 14.9. The first kappa shape index (κ1) is 17.1. The average Bonchev–Trinajstić information content (AvgIpc) is 3.24. The third-order valence-electron chi connectivity index (χ3n) is 4.62. The van der Waals surface area contributed by atoms with Gasteiger partial charge in [0.05, 0.1) is 11.2 Å². The van der Waals surface area contributed by atoms with Crippen LogP contribution < -0.4 is 5.32 Å². The van der Waals surface area contributed by atoms with Crippen molar-refractivity contribution in [1.82, 2.24) is 25.0 Å². The van der Waals surface area contributed by atoms with Crippen LogP contribution in [0.25, 0.3) is 11.4 Å². The lowest BCUT2D eigenvalue weighted by molar-refractivity contribution is -0.120. The Balaban J connectivity index is 1.48. The summed E-state index contributed by atoms with van der Waals surface area (Å²) in [4.78, 5) is 16.9. The number of anilines is 1. The Morgan fingerprint density at radius 3 is 3.08 bits per heavy atom. The van der Waals surface area contributed by atoms with Gasteiger partial charge in [-0.05, 0) is 36.6 Å². The number of benzene rings is 1. The van der Waals surface area contributed by atoms with Gasteiger partial charge in [-0.1, -0.05) is 23.2 Å². The van der Waals surface area contributed by atoms with E-state index in [1.807, 2.05) is 17.9 Å². The van der Waals surface area contributed by atoms with Gasteiger partial charge in [0.2, 0.25) is 11.9 Å². The number of hydrogen-bond acceptors (Lipinski definition) is 4. The minimum absolute atomic E-state index is 0.0976. The van der Waals surface area contributed by atoms with Crippen LogP contribution in [0.3, 0.4) is 0 Å². The molecule has 1 aliphatic rings. The van der Waals surface area contributed by atoms with Crippen LogP contribution in [-0.2, 0) is 24.7 Å². The lowest BCUT2D eigenvalue weighted by Gasteiger charge is -2.21. The molecule has 26 heavy (non-hydrogen) atoms. The molecule has 0 spiro atoms. The number of aryl methyl sites for hydroxylation is 2. The smallest absolute Gasteiger partial charge is 0.249 e. The van der Waals surface area contributed by atoms with Gasteiger partial charge in [0.1, 0.15) is 0 Å². The van der Waals surface area contributed by atoms with E-state index in [1.165, 1.54) is 5.56 Å². The van der Waals surface area contributed by atoms with Crippen molar-refractivity contribution in [1.29, 1.82) is 0 Å². The highest BCUT2D eigenvalue weighted by atomic mass is 35.5. The van der Waals surface area contributed by atoms with Crippen molar-refractivity contribution in [2.75, 3.05) is 5.32 Å². The van der Waals surface area contributed by atoms with E-state index >= 15 is 0 Å². The first-order chi connectivity index (χ1) is 12.5. The normalized spacial score (nSPS) is 16.3. The van der Waals surface area contributed by atoms with Gasteiger partial charge in [-0.25, -0.2) is 0 Å². The molecule has 1 aliphatic carbocycles. The van der Waals surface area contributed by atoms with Gasteiger partial charge >= 0.3 is 0 Å². The summed E-state index contributed by atoms with van der Waals surface area (Å²) in [6, 6.07) is 5.08. The van der Waals surface area contributed by atoms with Crippen molar-refractivity contribution in [2.24, 2.45) is 13.0 Å². The van der Waals surface area contributed by atoms with Crippen LogP contribution in [0.2, 0.25) is 10.0 Å². The maximum absolute atomic E-state index is 12.6. The maximum atomic E-state index is 12.6. The monoisotopic (exact) mass is 390 g/mol. The Bertz CT molecular complexity index is 980. The van der Waals surface area contributed by atoms with E-state index in [9.17, 15) is 4.79 Å². The number of aromatic nitrogens is 5. The van der Waals surface area contributed by atoms with Crippen molar-refractivity contribution in [2.45, 2.75) is 19.3 Å². The SMILES string of the molecule is Cn1ncc2c1CC(C(=O)Nc1n[nH]c(-c3cc(Cl)ccc3Cl)n1)CC2. The summed E-state index contributed by atoms with van der Waals surface area (Å²) in [6.07, 6.45) is 4.16. The molecule has 0 bridgehead atoms. The topological polar surface area (TPSA) is 88.5 Å². The number of aromatic amines is 1. The molecule has 0 radical (unpaired) electrons. The summed E-state index contributed by atoms with van der Waals surface area (Å²) >= 11 is 12.2. The molecule has 0 saturated heterocycles. The first-order valence-electron chi connectivity index (χ1n) is 8.19. The molecule has 1 atom stereocenters. The van der Waals surface area contributed by atoms with E-state index in [1.54, 1.807) is 18.2 Å². The molecule has 0 fully saturated rings. The van der Waals surface area contributed by atoms with Crippen molar-refractivity contribution < 1.29 is 4.79 Å². The zero-order valence-corrected chi connectivity index (χ0v) is 15.5. The molecule has 2 aromatic heterocycles. The fraction of sp³-hybridized carbons (Fsp3) is 0.294. The summed E-state index contributed by atoms with van der Waals surface area (Å²) in [6.45, 7) is 0. The highest BCUT2D eigenvalue weighted by molar-refractivity contribution is 6.35. The van der Waals surface area contributed by atoms with Gasteiger partial charge in [0.15, 0.2) is 5.82 Å². The van der Waals surface area contributed by atoms with Crippen molar-refractivity contribution >= 4 is 35.1 Å². The number of amides is 1. The molecule has 4 rings (SSSR count). The van der Waals surface area contributed by atoms with Gasteiger partial charge in [-0.3, -0.25) is 19.9 Å². The van der Waals surface area contributed by atoms with E-state index in [4.69, 9.17) is 23.2 Å². The first-order valence-corrected chi connectivity index (χ1v) is 8.95. The molecule has 0 saturated carbocycles. The number of nitrogens with zero attached hydrogens (tertiary/aromatic N) is 4. The summed E-state index contributed by atoms with van der Waals surface area (Å²) in [7, 11) is 1.90. The van der Waals surface area contributed by atoms with Crippen molar-refractivity contribution in [3.8, 4) is 11.4 Å². The largest absolute Gasteiger partial charge is 0.293 e. The van der Waals surface area contributed by atoms with Gasteiger partial charge in [0.25, 0.3) is 0 Å². The van der Waals surface area contributed by atoms with E-state index in [0.29, 0.717) is 27.9 Å². The predicted octanol–water partition coefficient (Wildman–Crippen LogP) is 3.26. The molecule has 9 heteroatoms. The van der Waals surface area contributed by atoms with Gasteiger partial charge in [-0.15, -0.1) is 5.10 Å². The van der Waals surface area contributed by atoms with Crippen LogP contribution in [0.1, 0.15) is 17.7 Å². The second-order valence-corrected chi connectivity index (χ2v) is 7.14. The number of nitrogens with one attached hydrogen (secondary N) is 2. The predicted molar refractivity (Wildman–Crippen MR) is 99.2 cm³/mol. The Morgan fingerprint density at radius 2 is 2.23 bits per heavy atom. The number of carbonyl (C=O) groups excluding carboxylic acids is 1. The molecule has 134 valence electrons. The second-order valence-electron chi connectivity index (χ2n) is 6.30. The van der Waals surface area contributed by atoms with Crippen LogP contribution in [0.5, 0.6) is 0 Å². The van der Waals surface area contributed by atoms with Crippen LogP contribution in [0.4, 0.5) is 5.95 Å². The van der Waals surface area contributed by atoms with Gasteiger partial charge < -0.3 is 0 Å². The van der Waals surface area contributed by atoms with Gasteiger partial charge in [0, 0.05) is 35.7 Å². The fourth-order valence-corrected chi connectivity index (χ4v) is 3.58. The number of H-pyrrole nitrogens is 1. The molecule has 0 aliphatic heterocycles. The Morgan fingerprint density at radius 1 is 1.38 bits per heavy atom. The second kappa shape index (κ2) is 6.74. The van der Waals surface area contributed by atoms with E-state index in [0.717, 1.165) is 18.5 Å². The van der Waals surface area contributed by atoms with Crippen molar-refractivity contribution in [3.05, 3.63) is 45.7 Å². The number of halogens is 2. The molecule has 3 aromatic rings. The Kier molecular flexibility index (Phi) is 4.42. The summed E-state index contributed by atoms with van der Waals surface area (Å²) in [5.74, 6) is 0.441. The van der Waals surface area contributed by atoms with Crippen LogP contribution in [-0.4, -0.2) is 30.9 Å². The molecule has 1 amide bonds. The van der Waals surface area contributed by atoms with E-state index in [-0.39, 0.29) is 17.8 Å². The minimum Gasteiger partial charge on any atom is -0.293 e. The lowest BCUT2D eigenvalue weighted by Crippen LogP contribution is -2.29. The number of fused-ring (bicyclic) bond motifs is 1.